The van der Waals surface area contributed by atoms with Crippen molar-refractivity contribution in [2.24, 2.45) is 17.7 Å². The molecule has 19 heavy (non-hydrogen) atoms. The zero-order valence-corrected chi connectivity index (χ0v) is 10.6. The molecule has 2 nitrogen and oxygen atoms in total. The molecule has 0 unspecified atom stereocenters. The van der Waals surface area contributed by atoms with Gasteiger partial charge in [0.2, 0.25) is 0 Å². The van der Waals surface area contributed by atoms with Gasteiger partial charge in [0.1, 0.15) is 0 Å². The summed E-state index contributed by atoms with van der Waals surface area (Å²) in [5.41, 5.74) is -0.292. The van der Waals surface area contributed by atoms with Crippen LogP contribution in [0.2, 0.25) is 0 Å². The molecule has 0 heterocycles. The van der Waals surface area contributed by atoms with Gasteiger partial charge in [-0.2, -0.15) is 13.2 Å². The molecule has 0 atom stereocenters. The SMILES string of the molecule is C1CC2CCC12.NOCc1cccc(C(F)(F)F)c1. The van der Waals surface area contributed by atoms with Crippen LogP contribution in [0.1, 0.15) is 36.8 Å². The fraction of sp³-hybridized carbons (Fsp3) is 0.571. The van der Waals surface area contributed by atoms with Crippen LogP contribution in [-0.2, 0) is 17.6 Å². The van der Waals surface area contributed by atoms with Crippen molar-refractivity contribution in [2.45, 2.75) is 38.5 Å². The average molecular weight is 273 g/mol. The number of alkyl halides is 3. The van der Waals surface area contributed by atoms with Crippen molar-refractivity contribution in [1.29, 1.82) is 0 Å². The van der Waals surface area contributed by atoms with Gasteiger partial charge >= 0.3 is 6.18 Å². The first-order valence-electron chi connectivity index (χ1n) is 6.48. The lowest BCUT2D eigenvalue weighted by Crippen LogP contribution is -2.34. The van der Waals surface area contributed by atoms with E-state index in [2.05, 4.69) is 4.84 Å². The van der Waals surface area contributed by atoms with E-state index in [1.807, 2.05) is 0 Å². The highest BCUT2D eigenvalue weighted by Crippen LogP contribution is 2.49. The number of fused-ring (bicyclic) bond motifs is 1. The highest BCUT2D eigenvalue weighted by Gasteiger charge is 2.37. The maximum absolute atomic E-state index is 12.1. The van der Waals surface area contributed by atoms with Gasteiger partial charge in [0.15, 0.2) is 0 Å². The summed E-state index contributed by atoms with van der Waals surface area (Å²) in [6, 6.07) is 4.84. The Morgan fingerprint density at radius 3 is 2.05 bits per heavy atom. The van der Waals surface area contributed by atoms with E-state index in [-0.39, 0.29) is 6.61 Å². The first-order valence-corrected chi connectivity index (χ1v) is 6.48. The van der Waals surface area contributed by atoms with Crippen LogP contribution in [0.25, 0.3) is 0 Å². The Bertz CT molecular complexity index is 401. The molecule has 0 spiro atoms. The van der Waals surface area contributed by atoms with Crippen molar-refractivity contribution in [1.82, 2.24) is 0 Å². The number of benzene rings is 1. The molecule has 0 saturated heterocycles. The predicted octanol–water partition coefficient (Wildman–Crippen LogP) is 3.90. The topological polar surface area (TPSA) is 35.2 Å². The third kappa shape index (κ3) is 3.70. The Morgan fingerprint density at radius 1 is 1.11 bits per heavy atom. The molecule has 0 amide bonds. The standard InChI is InChI=1S/C8H8F3NO.C6H10/c9-8(10,11)7-3-1-2-6(4-7)5-13-12;1-2-6-4-3-5(1)6/h1-4H,5,12H2;5-6H,1-4H2. The summed E-state index contributed by atoms with van der Waals surface area (Å²) in [7, 11) is 0. The van der Waals surface area contributed by atoms with Crippen LogP contribution in [0.5, 0.6) is 0 Å². The van der Waals surface area contributed by atoms with E-state index in [1.54, 1.807) is 25.7 Å². The van der Waals surface area contributed by atoms with Gasteiger partial charge in [0.05, 0.1) is 12.2 Å². The second kappa shape index (κ2) is 5.92. The molecule has 2 aliphatic rings. The molecule has 0 aliphatic heterocycles. The lowest BCUT2D eigenvalue weighted by Gasteiger charge is -2.46. The molecule has 2 N–H and O–H groups in total. The molecule has 3 rings (SSSR count). The van der Waals surface area contributed by atoms with Gasteiger partial charge in [0.25, 0.3) is 0 Å². The van der Waals surface area contributed by atoms with Crippen molar-refractivity contribution in [3.8, 4) is 0 Å². The molecule has 2 aliphatic carbocycles. The van der Waals surface area contributed by atoms with Gasteiger partial charge < -0.3 is 0 Å². The van der Waals surface area contributed by atoms with Crippen molar-refractivity contribution in [3.63, 3.8) is 0 Å². The number of nitrogens with two attached hydrogens (primary N) is 1. The average Bonchev–Trinajstić information content (AvgIpc) is 2.34. The first kappa shape index (κ1) is 14.3. The number of halogens is 3. The maximum atomic E-state index is 12.1. The molecule has 2 fully saturated rings. The van der Waals surface area contributed by atoms with E-state index in [1.165, 1.54) is 24.0 Å². The normalized spacial score (nSPS) is 24.4. The second-order valence-corrected chi connectivity index (χ2v) is 5.18. The molecule has 5 heteroatoms. The minimum absolute atomic E-state index is 0.0239. The van der Waals surface area contributed by atoms with E-state index in [0.29, 0.717) is 5.56 Å². The highest BCUT2D eigenvalue weighted by atomic mass is 19.4. The van der Waals surface area contributed by atoms with E-state index in [0.717, 1.165) is 12.1 Å². The summed E-state index contributed by atoms with van der Waals surface area (Å²) in [5, 5.41) is 0. The van der Waals surface area contributed by atoms with Crippen molar-refractivity contribution in [3.05, 3.63) is 35.4 Å². The van der Waals surface area contributed by atoms with Gasteiger partial charge in [0, 0.05) is 0 Å². The molecule has 0 aromatic heterocycles. The van der Waals surface area contributed by atoms with E-state index in [9.17, 15) is 13.2 Å². The smallest absolute Gasteiger partial charge is 0.300 e. The summed E-state index contributed by atoms with van der Waals surface area (Å²) in [5.74, 6) is 7.16. The van der Waals surface area contributed by atoms with Crippen LogP contribution >= 0.6 is 0 Å². The summed E-state index contributed by atoms with van der Waals surface area (Å²) in [6.07, 6.45) is 1.93. The quantitative estimate of drug-likeness (QED) is 0.829. The summed E-state index contributed by atoms with van der Waals surface area (Å²) in [6.45, 7) is -0.0239. The van der Waals surface area contributed by atoms with Crippen LogP contribution in [0.3, 0.4) is 0 Å². The summed E-state index contributed by atoms with van der Waals surface area (Å²) >= 11 is 0. The van der Waals surface area contributed by atoms with Gasteiger partial charge in [-0.25, -0.2) is 5.90 Å². The summed E-state index contributed by atoms with van der Waals surface area (Å²) < 4.78 is 36.4. The molecule has 0 bridgehead atoms. The van der Waals surface area contributed by atoms with Crippen LogP contribution in [0.15, 0.2) is 24.3 Å². The fourth-order valence-electron chi connectivity index (χ4n) is 2.50. The Kier molecular flexibility index (Phi) is 4.47. The fourth-order valence-corrected chi connectivity index (χ4v) is 2.50. The Hall–Kier alpha value is -1.07. The first-order chi connectivity index (χ1) is 9.00. The zero-order valence-electron chi connectivity index (χ0n) is 10.6. The lowest BCUT2D eigenvalue weighted by molar-refractivity contribution is -0.137. The lowest BCUT2D eigenvalue weighted by atomic mass is 9.60. The Morgan fingerprint density at radius 2 is 1.68 bits per heavy atom. The maximum Gasteiger partial charge on any atom is 0.416 e. The zero-order chi connectivity index (χ0) is 13.9. The van der Waals surface area contributed by atoms with Crippen molar-refractivity contribution >= 4 is 0 Å². The third-order valence-electron chi connectivity index (χ3n) is 3.99. The Labute approximate surface area is 110 Å². The highest BCUT2D eigenvalue weighted by molar-refractivity contribution is 5.25. The molecular formula is C14H18F3NO. The van der Waals surface area contributed by atoms with Crippen LogP contribution in [0.4, 0.5) is 13.2 Å². The minimum Gasteiger partial charge on any atom is -0.300 e. The van der Waals surface area contributed by atoms with Gasteiger partial charge in [-0.05, 0) is 55.2 Å². The molecule has 1 aromatic carbocycles. The van der Waals surface area contributed by atoms with Crippen molar-refractivity contribution < 1.29 is 18.0 Å². The molecular weight excluding hydrogens is 255 g/mol. The monoisotopic (exact) mass is 273 g/mol. The molecule has 1 aromatic rings. The largest absolute Gasteiger partial charge is 0.416 e. The van der Waals surface area contributed by atoms with Gasteiger partial charge in [-0.15, -0.1) is 0 Å². The van der Waals surface area contributed by atoms with E-state index < -0.39 is 11.7 Å². The second-order valence-electron chi connectivity index (χ2n) is 5.18. The van der Waals surface area contributed by atoms with E-state index >= 15 is 0 Å². The number of hydrogen-bond acceptors (Lipinski definition) is 2. The molecule has 0 radical (unpaired) electrons. The van der Waals surface area contributed by atoms with Crippen LogP contribution in [-0.4, -0.2) is 0 Å². The van der Waals surface area contributed by atoms with Crippen LogP contribution in [0, 0.1) is 11.8 Å². The minimum atomic E-state index is -4.31. The van der Waals surface area contributed by atoms with Gasteiger partial charge in [-0.3, -0.25) is 4.84 Å². The number of rotatable bonds is 2. The van der Waals surface area contributed by atoms with Gasteiger partial charge in [-0.1, -0.05) is 12.1 Å². The Balaban J connectivity index is 0.000000180. The number of hydrogen-bond donors (Lipinski definition) is 1. The van der Waals surface area contributed by atoms with E-state index in [4.69, 9.17) is 5.90 Å². The van der Waals surface area contributed by atoms with Crippen molar-refractivity contribution in [2.75, 3.05) is 0 Å². The summed E-state index contributed by atoms with van der Waals surface area (Å²) in [4.78, 5) is 4.23. The third-order valence-corrected chi connectivity index (χ3v) is 3.99. The van der Waals surface area contributed by atoms with Crippen LogP contribution < -0.4 is 5.90 Å². The molecule has 106 valence electrons. The molecule has 2 saturated carbocycles. The predicted molar refractivity (Wildman–Crippen MR) is 65.9 cm³/mol.